The summed E-state index contributed by atoms with van der Waals surface area (Å²) in [5.74, 6) is 1.63. The molecule has 4 aromatic rings. The maximum atomic E-state index is 14.1. The summed E-state index contributed by atoms with van der Waals surface area (Å²) >= 11 is 0. The first kappa shape index (κ1) is 26.1. The molecule has 2 unspecified atom stereocenters. The van der Waals surface area contributed by atoms with E-state index in [0.29, 0.717) is 24.2 Å². The minimum Gasteiger partial charge on any atom is -0.296 e. The normalized spacial score (nSPS) is 18.1. The van der Waals surface area contributed by atoms with Gasteiger partial charge in [-0.1, -0.05) is 70.7 Å². The highest BCUT2D eigenvalue weighted by Gasteiger charge is 2.30. The van der Waals surface area contributed by atoms with E-state index in [1.54, 1.807) is 6.20 Å². The fourth-order valence-electron chi connectivity index (χ4n) is 6.13. The molecule has 0 aliphatic heterocycles. The van der Waals surface area contributed by atoms with E-state index >= 15 is 0 Å². The minimum atomic E-state index is 0.106. The first-order chi connectivity index (χ1) is 18.6. The van der Waals surface area contributed by atoms with E-state index in [-0.39, 0.29) is 11.7 Å². The summed E-state index contributed by atoms with van der Waals surface area (Å²) in [7, 11) is 0. The Bertz CT molecular complexity index is 1390. The molecular weight excluding hydrogens is 474 g/mol. The summed E-state index contributed by atoms with van der Waals surface area (Å²) in [5, 5.41) is 14.7. The molecule has 8 heteroatoms. The van der Waals surface area contributed by atoms with Gasteiger partial charge in [-0.05, 0) is 65.5 Å². The van der Waals surface area contributed by atoms with Crippen molar-refractivity contribution >= 4 is 0 Å². The third-order valence-corrected chi connectivity index (χ3v) is 8.15. The molecule has 0 bridgehead atoms. The van der Waals surface area contributed by atoms with Gasteiger partial charge in [-0.3, -0.25) is 14.1 Å². The summed E-state index contributed by atoms with van der Waals surface area (Å²) in [4.78, 5) is 18.6. The first-order valence-corrected chi connectivity index (χ1v) is 14.1. The predicted octanol–water partition coefficient (Wildman–Crippen LogP) is 6.06. The van der Waals surface area contributed by atoms with Crippen molar-refractivity contribution in [3.8, 4) is 22.5 Å². The van der Waals surface area contributed by atoms with Crippen LogP contribution in [0, 0.1) is 11.8 Å². The second-order valence-electron chi connectivity index (χ2n) is 10.9. The summed E-state index contributed by atoms with van der Waals surface area (Å²) in [6, 6.07) is 10.3. The van der Waals surface area contributed by atoms with Gasteiger partial charge in [0.15, 0.2) is 0 Å². The van der Waals surface area contributed by atoms with Gasteiger partial charge in [0.2, 0.25) is 5.82 Å². The standard InChI is InChI=1S/C30H39N7O/c1-4-5-11-23-20-37(28-15-8-6-7-12-24(28)21(2)3)30(38)36(23)19-22-18-31-17-16-25(22)26-13-9-10-14-27(26)29-32-34-35-33-29/h9-10,13-14,16-18,20-21,24,28H,4-8,11-12,15,19H2,1-3H3,(H,32,33,34,35). The van der Waals surface area contributed by atoms with Crippen molar-refractivity contribution in [3.05, 3.63) is 70.7 Å². The Labute approximate surface area is 224 Å². The van der Waals surface area contributed by atoms with Crippen LogP contribution in [-0.2, 0) is 13.0 Å². The van der Waals surface area contributed by atoms with Crippen LogP contribution in [0.25, 0.3) is 22.5 Å². The number of aryl methyl sites for hydroxylation is 1. The van der Waals surface area contributed by atoms with Crippen molar-refractivity contribution in [2.45, 2.75) is 84.7 Å². The van der Waals surface area contributed by atoms with Crippen molar-refractivity contribution in [1.29, 1.82) is 0 Å². The lowest BCUT2D eigenvalue weighted by Gasteiger charge is -2.29. The molecule has 3 aromatic heterocycles. The van der Waals surface area contributed by atoms with Crippen LogP contribution in [0.2, 0.25) is 0 Å². The van der Waals surface area contributed by atoms with E-state index in [0.717, 1.165) is 53.6 Å². The lowest BCUT2D eigenvalue weighted by Crippen LogP contribution is -2.32. The molecule has 2 atom stereocenters. The van der Waals surface area contributed by atoms with Gasteiger partial charge < -0.3 is 0 Å². The summed E-state index contributed by atoms with van der Waals surface area (Å²) in [6.45, 7) is 7.31. The topological polar surface area (TPSA) is 94.3 Å². The van der Waals surface area contributed by atoms with Crippen molar-refractivity contribution in [1.82, 2.24) is 34.7 Å². The zero-order valence-corrected chi connectivity index (χ0v) is 22.8. The highest BCUT2D eigenvalue weighted by atomic mass is 16.1. The van der Waals surface area contributed by atoms with E-state index < -0.39 is 0 Å². The highest BCUT2D eigenvalue weighted by Crippen LogP contribution is 2.37. The molecule has 0 amide bonds. The molecule has 8 nitrogen and oxygen atoms in total. The van der Waals surface area contributed by atoms with Crippen LogP contribution in [0.1, 0.15) is 83.0 Å². The van der Waals surface area contributed by atoms with E-state index in [1.165, 1.54) is 25.7 Å². The van der Waals surface area contributed by atoms with E-state index in [4.69, 9.17) is 0 Å². The summed E-state index contributed by atoms with van der Waals surface area (Å²) in [6.07, 6.45) is 14.9. The maximum Gasteiger partial charge on any atom is 0.328 e. The fourth-order valence-corrected chi connectivity index (χ4v) is 6.13. The van der Waals surface area contributed by atoms with Crippen LogP contribution in [0.5, 0.6) is 0 Å². The molecule has 1 fully saturated rings. The number of rotatable bonds is 9. The van der Waals surface area contributed by atoms with Gasteiger partial charge in [-0.15, -0.1) is 10.2 Å². The van der Waals surface area contributed by atoms with Crippen LogP contribution < -0.4 is 5.69 Å². The number of hydrogen-bond donors (Lipinski definition) is 1. The number of H-pyrrole nitrogens is 1. The predicted molar refractivity (Wildman–Crippen MR) is 150 cm³/mol. The molecule has 1 aromatic carbocycles. The Balaban J connectivity index is 1.57. The Morgan fingerprint density at radius 2 is 1.87 bits per heavy atom. The van der Waals surface area contributed by atoms with Gasteiger partial charge in [-0.25, -0.2) is 4.79 Å². The highest BCUT2D eigenvalue weighted by molar-refractivity contribution is 5.81. The van der Waals surface area contributed by atoms with Crippen LogP contribution in [-0.4, -0.2) is 34.7 Å². The number of tetrazole rings is 1. The van der Waals surface area contributed by atoms with Gasteiger partial charge in [0.1, 0.15) is 0 Å². The third-order valence-electron chi connectivity index (χ3n) is 8.15. The number of aromatic nitrogens is 7. The quantitative estimate of drug-likeness (QED) is 0.275. The second kappa shape index (κ2) is 11.9. The number of hydrogen-bond acceptors (Lipinski definition) is 5. The van der Waals surface area contributed by atoms with E-state index in [9.17, 15) is 4.79 Å². The second-order valence-corrected chi connectivity index (χ2v) is 10.9. The lowest BCUT2D eigenvalue weighted by molar-refractivity contribution is 0.234. The number of imidazole rings is 1. The van der Waals surface area contributed by atoms with Crippen molar-refractivity contribution in [2.75, 3.05) is 0 Å². The van der Waals surface area contributed by atoms with Crippen LogP contribution >= 0.6 is 0 Å². The molecule has 0 radical (unpaired) electrons. The molecule has 1 saturated carbocycles. The lowest BCUT2D eigenvalue weighted by atomic mass is 9.84. The molecule has 1 aliphatic carbocycles. The number of nitrogens with zero attached hydrogens (tertiary/aromatic N) is 6. The largest absolute Gasteiger partial charge is 0.328 e. The van der Waals surface area contributed by atoms with Gasteiger partial charge in [0.05, 0.1) is 6.54 Å². The molecule has 3 heterocycles. The molecular formula is C30H39N7O. The van der Waals surface area contributed by atoms with Crippen LogP contribution in [0.3, 0.4) is 0 Å². The monoisotopic (exact) mass is 513 g/mol. The number of unbranched alkanes of at least 4 members (excludes halogenated alkanes) is 1. The molecule has 5 rings (SSSR count). The summed E-state index contributed by atoms with van der Waals surface area (Å²) < 4.78 is 4.08. The van der Waals surface area contributed by atoms with E-state index in [1.807, 2.05) is 35.0 Å². The zero-order valence-electron chi connectivity index (χ0n) is 22.8. The maximum absolute atomic E-state index is 14.1. The SMILES string of the molecule is CCCCc1cn(C2CCCCCC2C(C)C)c(=O)n1Cc1cnccc1-c1ccccc1-c1nn[nH]n1. The number of aromatic amines is 1. The van der Waals surface area contributed by atoms with Crippen LogP contribution in [0.4, 0.5) is 0 Å². The average Bonchev–Trinajstić information content (AvgIpc) is 3.49. The third kappa shape index (κ3) is 5.35. The van der Waals surface area contributed by atoms with Gasteiger partial charge in [-0.2, -0.15) is 5.21 Å². The Hall–Kier alpha value is -3.55. The van der Waals surface area contributed by atoms with Crippen LogP contribution in [0.15, 0.2) is 53.7 Å². The van der Waals surface area contributed by atoms with Crippen molar-refractivity contribution in [2.24, 2.45) is 11.8 Å². The molecule has 0 saturated heterocycles. The molecule has 1 N–H and O–H groups in total. The van der Waals surface area contributed by atoms with E-state index in [2.05, 4.69) is 63.2 Å². The van der Waals surface area contributed by atoms with Crippen molar-refractivity contribution < 1.29 is 0 Å². The smallest absolute Gasteiger partial charge is 0.296 e. The number of nitrogens with one attached hydrogen (secondary N) is 1. The number of pyridine rings is 1. The Kier molecular flexibility index (Phi) is 8.15. The Morgan fingerprint density at radius 1 is 1.05 bits per heavy atom. The molecule has 38 heavy (non-hydrogen) atoms. The van der Waals surface area contributed by atoms with Gasteiger partial charge in [0.25, 0.3) is 0 Å². The summed E-state index contributed by atoms with van der Waals surface area (Å²) in [5.41, 5.74) is 5.14. The molecule has 200 valence electrons. The van der Waals surface area contributed by atoms with Gasteiger partial charge >= 0.3 is 5.69 Å². The zero-order chi connectivity index (χ0) is 26.5. The molecule has 1 aliphatic rings. The van der Waals surface area contributed by atoms with Gasteiger partial charge in [0, 0.05) is 35.9 Å². The molecule has 0 spiro atoms. The first-order valence-electron chi connectivity index (χ1n) is 14.1. The fraction of sp³-hybridized carbons (Fsp3) is 0.500. The van der Waals surface area contributed by atoms with Crippen molar-refractivity contribution in [3.63, 3.8) is 0 Å². The minimum absolute atomic E-state index is 0.106. The number of benzene rings is 1. The Morgan fingerprint density at radius 3 is 2.63 bits per heavy atom. The average molecular weight is 514 g/mol.